The van der Waals surface area contributed by atoms with Gasteiger partial charge in [-0.25, -0.2) is 0 Å². The van der Waals surface area contributed by atoms with Crippen LogP contribution in [-0.4, -0.2) is 4.98 Å². The third-order valence-corrected chi connectivity index (χ3v) is 5.18. The van der Waals surface area contributed by atoms with Crippen LogP contribution >= 0.6 is 27.7 Å². The average Bonchev–Trinajstić information content (AvgIpc) is 2.48. The fourth-order valence-electron chi connectivity index (χ4n) is 2.09. The molecule has 0 atom stereocenters. The van der Waals surface area contributed by atoms with E-state index in [0.29, 0.717) is 0 Å². The SMILES string of the molecule is Nc1ccc(CSc2ccccc2Br)c2ncccc12. The van der Waals surface area contributed by atoms with Gasteiger partial charge < -0.3 is 5.73 Å². The number of fused-ring (bicyclic) bond motifs is 1. The van der Waals surface area contributed by atoms with E-state index in [1.807, 2.05) is 36.5 Å². The van der Waals surface area contributed by atoms with Gasteiger partial charge in [0.05, 0.1) is 5.52 Å². The lowest BCUT2D eigenvalue weighted by Gasteiger charge is -2.08. The number of nitrogens with zero attached hydrogens (tertiary/aromatic N) is 1. The van der Waals surface area contributed by atoms with Gasteiger partial charge in [-0.2, -0.15) is 0 Å². The molecule has 20 heavy (non-hydrogen) atoms. The highest BCUT2D eigenvalue weighted by Gasteiger charge is 2.06. The summed E-state index contributed by atoms with van der Waals surface area (Å²) in [7, 11) is 0. The quantitative estimate of drug-likeness (QED) is 0.544. The second-order valence-electron chi connectivity index (χ2n) is 4.43. The fourth-order valence-corrected chi connectivity index (χ4v) is 3.64. The highest BCUT2D eigenvalue weighted by atomic mass is 79.9. The average molecular weight is 345 g/mol. The third-order valence-electron chi connectivity index (χ3n) is 3.11. The van der Waals surface area contributed by atoms with Crippen LogP contribution in [0.1, 0.15) is 5.56 Å². The van der Waals surface area contributed by atoms with Gasteiger partial charge in [0.1, 0.15) is 0 Å². The second kappa shape index (κ2) is 5.85. The van der Waals surface area contributed by atoms with E-state index in [1.54, 1.807) is 11.8 Å². The summed E-state index contributed by atoms with van der Waals surface area (Å²) in [4.78, 5) is 5.70. The zero-order valence-electron chi connectivity index (χ0n) is 10.7. The van der Waals surface area contributed by atoms with Crippen LogP contribution in [0.2, 0.25) is 0 Å². The van der Waals surface area contributed by atoms with Crippen molar-refractivity contribution in [1.82, 2.24) is 4.98 Å². The molecule has 0 bridgehead atoms. The van der Waals surface area contributed by atoms with Crippen molar-refractivity contribution < 1.29 is 0 Å². The Balaban J connectivity index is 1.92. The Morgan fingerprint density at radius 1 is 1.05 bits per heavy atom. The molecular weight excluding hydrogens is 332 g/mol. The maximum atomic E-state index is 6.00. The monoisotopic (exact) mass is 344 g/mol. The topological polar surface area (TPSA) is 38.9 Å². The lowest BCUT2D eigenvalue weighted by Crippen LogP contribution is -1.92. The number of halogens is 1. The molecule has 0 aliphatic carbocycles. The van der Waals surface area contributed by atoms with Crippen molar-refractivity contribution in [3.63, 3.8) is 0 Å². The molecule has 3 aromatic rings. The summed E-state index contributed by atoms with van der Waals surface area (Å²) in [5.41, 5.74) is 8.98. The van der Waals surface area contributed by atoms with Crippen LogP contribution < -0.4 is 5.73 Å². The van der Waals surface area contributed by atoms with E-state index in [1.165, 1.54) is 10.5 Å². The van der Waals surface area contributed by atoms with Crippen molar-refractivity contribution in [2.24, 2.45) is 0 Å². The Kier molecular flexibility index (Phi) is 3.94. The number of aromatic nitrogens is 1. The van der Waals surface area contributed by atoms with E-state index in [0.717, 1.165) is 26.8 Å². The van der Waals surface area contributed by atoms with E-state index in [2.05, 4.69) is 39.1 Å². The highest BCUT2D eigenvalue weighted by Crippen LogP contribution is 2.32. The fraction of sp³-hybridized carbons (Fsp3) is 0.0625. The number of nitrogens with two attached hydrogens (primary N) is 1. The normalized spacial score (nSPS) is 10.8. The van der Waals surface area contributed by atoms with Gasteiger partial charge in [0, 0.05) is 32.4 Å². The van der Waals surface area contributed by atoms with Gasteiger partial charge in [0.15, 0.2) is 0 Å². The van der Waals surface area contributed by atoms with Crippen molar-refractivity contribution in [2.45, 2.75) is 10.6 Å². The zero-order chi connectivity index (χ0) is 13.9. The molecule has 0 aliphatic rings. The molecule has 2 nitrogen and oxygen atoms in total. The minimum atomic E-state index is 0.780. The predicted octanol–water partition coefficient (Wildman–Crippen LogP) is 4.87. The summed E-state index contributed by atoms with van der Waals surface area (Å²) in [5, 5.41) is 1.03. The molecule has 0 fully saturated rings. The second-order valence-corrected chi connectivity index (χ2v) is 6.30. The molecule has 1 heterocycles. The molecule has 0 saturated carbocycles. The molecule has 4 heteroatoms. The van der Waals surface area contributed by atoms with Gasteiger partial charge in [-0.05, 0) is 51.8 Å². The smallest absolute Gasteiger partial charge is 0.0763 e. The number of pyridine rings is 1. The lowest BCUT2D eigenvalue weighted by atomic mass is 10.1. The molecule has 0 spiro atoms. The third kappa shape index (κ3) is 2.67. The minimum Gasteiger partial charge on any atom is -0.398 e. The zero-order valence-corrected chi connectivity index (χ0v) is 13.1. The first kappa shape index (κ1) is 13.5. The summed E-state index contributed by atoms with van der Waals surface area (Å²) in [6.07, 6.45) is 1.81. The van der Waals surface area contributed by atoms with Crippen molar-refractivity contribution in [3.05, 3.63) is 64.8 Å². The van der Waals surface area contributed by atoms with Gasteiger partial charge in [0.25, 0.3) is 0 Å². The molecule has 0 amide bonds. The molecular formula is C16H13BrN2S. The van der Waals surface area contributed by atoms with Crippen LogP contribution in [0.15, 0.2) is 64.1 Å². The molecule has 2 N–H and O–H groups in total. The van der Waals surface area contributed by atoms with Gasteiger partial charge in [-0.1, -0.05) is 18.2 Å². The predicted molar refractivity (Wildman–Crippen MR) is 89.9 cm³/mol. The number of anilines is 1. The number of hydrogen-bond donors (Lipinski definition) is 1. The molecule has 0 radical (unpaired) electrons. The van der Waals surface area contributed by atoms with E-state index in [4.69, 9.17) is 5.73 Å². The standard InChI is InChI=1S/C16H13BrN2S/c17-13-5-1-2-6-15(13)20-10-11-7-8-14(18)12-4-3-9-19-16(11)12/h1-9H,10,18H2. The van der Waals surface area contributed by atoms with E-state index in [9.17, 15) is 0 Å². The minimum absolute atomic E-state index is 0.780. The molecule has 0 aliphatic heterocycles. The molecule has 3 rings (SSSR count). The van der Waals surface area contributed by atoms with Crippen molar-refractivity contribution >= 4 is 44.3 Å². The largest absolute Gasteiger partial charge is 0.398 e. The number of rotatable bonds is 3. The van der Waals surface area contributed by atoms with E-state index in [-0.39, 0.29) is 0 Å². The lowest BCUT2D eigenvalue weighted by molar-refractivity contribution is 1.33. The summed E-state index contributed by atoms with van der Waals surface area (Å²) in [5.74, 6) is 0.871. The van der Waals surface area contributed by atoms with Crippen LogP contribution in [0, 0.1) is 0 Å². The van der Waals surface area contributed by atoms with Gasteiger partial charge in [-0.15, -0.1) is 11.8 Å². The maximum absolute atomic E-state index is 6.00. The van der Waals surface area contributed by atoms with Crippen molar-refractivity contribution in [3.8, 4) is 0 Å². The Morgan fingerprint density at radius 2 is 1.90 bits per heavy atom. The van der Waals surface area contributed by atoms with Crippen molar-refractivity contribution in [2.75, 3.05) is 5.73 Å². The number of benzene rings is 2. The number of nitrogen functional groups attached to an aromatic ring is 1. The first-order chi connectivity index (χ1) is 9.75. The van der Waals surface area contributed by atoms with Crippen LogP contribution in [0.4, 0.5) is 5.69 Å². The first-order valence-electron chi connectivity index (χ1n) is 6.25. The summed E-state index contributed by atoms with van der Waals surface area (Å²) >= 11 is 5.37. The number of thioether (sulfide) groups is 1. The molecule has 0 saturated heterocycles. The van der Waals surface area contributed by atoms with E-state index >= 15 is 0 Å². The maximum Gasteiger partial charge on any atom is 0.0763 e. The summed E-state index contributed by atoms with van der Waals surface area (Å²) in [6, 6.07) is 16.2. The van der Waals surface area contributed by atoms with Gasteiger partial charge in [-0.3, -0.25) is 4.98 Å². The molecule has 100 valence electrons. The molecule has 1 aromatic heterocycles. The van der Waals surface area contributed by atoms with Crippen molar-refractivity contribution in [1.29, 1.82) is 0 Å². The van der Waals surface area contributed by atoms with Crippen LogP contribution in [-0.2, 0) is 5.75 Å². The molecule has 0 unspecified atom stereocenters. The summed E-state index contributed by atoms with van der Waals surface area (Å²) in [6.45, 7) is 0. The Morgan fingerprint density at radius 3 is 2.75 bits per heavy atom. The Hall–Kier alpha value is -1.52. The summed E-state index contributed by atoms with van der Waals surface area (Å²) < 4.78 is 1.12. The first-order valence-corrected chi connectivity index (χ1v) is 8.03. The Bertz CT molecular complexity index is 758. The van der Waals surface area contributed by atoms with Gasteiger partial charge >= 0.3 is 0 Å². The van der Waals surface area contributed by atoms with Crippen LogP contribution in [0.5, 0.6) is 0 Å². The Labute approximate surface area is 130 Å². The van der Waals surface area contributed by atoms with Gasteiger partial charge in [0.2, 0.25) is 0 Å². The highest BCUT2D eigenvalue weighted by molar-refractivity contribution is 9.10. The molecule has 2 aromatic carbocycles. The van der Waals surface area contributed by atoms with Crippen LogP contribution in [0.25, 0.3) is 10.9 Å². The van der Waals surface area contributed by atoms with E-state index < -0.39 is 0 Å². The van der Waals surface area contributed by atoms with Crippen LogP contribution in [0.3, 0.4) is 0 Å². The number of hydrogen-bond acceptors (Lipinski definition) is 3.